The van der Waals surface area contributed by atoms with Gasteiger partial charge in [-0.05, 0) is 6.92 Å². The van der Waals surface area contributed by atoms with Gasteiger partial charge in [0.2, 0.25) is 5.91 Å². The molecule has 1 rings (SSSR count). The molecule has 0 aliphatic rings. The second kappa shape index (κ2) is 5.24. The molecule has 88 valence electrons. The Morgan fingerprint density at radius 2 is 2.25 bits per heavy atom. The lowest BCUT2D eigenvalue weighted by atomic mass is 10.2. The first-order valence-electron chi connectivity index (χ1n) is 4.83. The van der Waals surface area contributed by atoms with Crippen LogP contribution in [-0.2, 0) is 16.1 Å². The van der Waals surface area contributed by atoms with Crippen LogP contribution in [0.4, 0.5) is 0 Å². The summed E-state index contributed by atoms with van der Waals surface area (Å²) in [5.74, 6) is -1.25. The second-order valence-corrected chi connectivity index (χ2v) is 3.43. The van der Waals surface area contributed by atoms with Crippen LogP contribution in [0.2, 0.25) is 0 Å². The molecule has 0 aliphatic heterocycles. The van der Waals surface area contributed by atoms with Gasteiger partial charge in [0.15, 0.2) is 0 Å². The van der Waals surface area contributed by atoms with Gasteiger partial charge in [-0.15, -0.1) is 0 Å². The van der Waals surface area contributed by atoms with Gasteiger partial charge in [0.1, 0.15) is 18.7 Å². The summed E-state index contributed by atoms with van der Waals surface area (Å²) in [5, 5.41) is 12.6. The average molecular weight is 226 g/mol. The van der Waals surface area contributed by atoms with Crippen molar-refractivity contribution >= 4 is 11.9 Å². The van der Waals surface area contributed by atoms with Gasteiger partial charge in [-0.3, -0.25) is 9.48 Å². The Morgan fingerprint density at radius 1 is 1.56 bits per heavy atom. The molecule has 0 saturated carbocycles. The van der Waals surface area contributed by atoms with E-state index in [1.54, 1.807) is 0 Å². The normalized spacial score (nSPS) is 12.1. The molecule has 0 bridgehead atoms. The third-order valence-electron chi connectivity index (χ3n) is 2.35. The van der Waals surface area contributed by atoms with Gasteiger partial charge in [-0.1, -0.05) is 0 Å². The number of carboxylic acid groups (broad SMARTS) is 1. The molecule has 0 aliphatic carbocycles. The lowest BCUT2D eigenvalue weighted by Crippen LogP contribution is -2.40. The summed E-state index contributed by atoms with van der Waals surface area (Å²) in [6.07, 6.45) is 3.10. The molecule has 7 nitrogen and oxygen atoms in total. The zero-order chi connectivity index (χ0) is 12.1. The highest BCUT2D eigenvalue weighted by atomic mass is 16.4. The van der Waals surface area contributed by atoms with Crippen LogP contribution in [0.25, 0.3) is 0 Å². The Balaban J connectivity index is 2.43. The van der Waals surface area contributed by atoms with Crippen molar-refractivity contribution < 1.29 is 14.7 Å². The van der Waals surface area contributed by atoms with Gasteiger partial charge in [-0.2, -0.15) is 5.10 Å². The maximum absolute atomic E-state index is 11.6. The summed E-state index contributed by atoms with van der Waals surface area (Å²) in [5.41, 5.74) is 0. The number of aromatic nitrogens is 3. The fourth-order valence-corrected chi connectivity index (χ4v) is 1.12. The third kappa shape index (κ3) is 3.04. The van der Waals surface area contributed by atoms with Crippen LogP contribution in [0.15, 0.2) is 12.7 Å². The highest BCUT2D eigenvalue weighted by Gasteiger charge is 2.21. The largest absolute Gasteiger partial charge is 0.480 e. The van der Waals surface area contributed by atoms with E-state index >= 15 is 0 Å². The maximum atomic E-state index is 11.6. The number of hydrogen-bond donors (Lipinski definition) is 1. The van der Waals surface area contributed by atoms with E-state index in [1.165, 1.54) is 36.2 Å². The van der Waals surface area contributed by atoms with Gasteiger partial charge in [0.05, 0.1) is 6.54 Å². The van der Waals surface area contributed by atoms with Crippen molar-refractivity contribution in [1.29, 1.82) is 0 Å². The quantitative estimate of drug-likeness (QED) is 0.738. The van der Waals surface area contributed by atoms with Crippen LogP contribution in [0, 0.1) is 0 Å². The first-order chi connectivity index (χ1) is 7.52. The fraction of sp³-hybridized carbons (Fsp3) is 0.556. The van der Waals surface area contributed by atoms with Gasteiger partial charge in [0.25, 0.3) is 0 Å². The monoisotopic (exact) mass is 226 g/mol. The number of aryl methyl sites for hydroxylation is 1. The number of hydrogen-bond acceptors (Lipinski definition) is 4. The zero-order valence-electron chi connectivity index (χ0n) is 9.20. The summed E-state index contributed by atoms with van der Waals surface area (Å²) in [7, 11) is 1.47. The van der Waals surface area contributed by atoms with Gasteiger partial charge < -0.3 is 10.0 Å². The number of nitrogens with zero attached hydrogens (tertiary/aromatic N) is 4. The highest BCUT2D eigenvalue weighted by molar-refractivity contribution is 5.83. The number of rotatable bonds is 5. The van der Waals surface area contributed by atoms with Crippen LogP contribution < -0.4 is 0 Å². The van der Waals surface area contributed by atoms with Crippen molar-refractivity contribution in [3.8, 4) is 0 Å². The van der Waals surface area contributed by atoms with E-state index in [9.17, 15) is 9.59 Å². The second-order valence-electron chi connectivity index (χ2n) is 3.43. The molecule has 0 saturated heterocycles. The van der Waals surface area contributed by atoms with Crippen LogP contribution in [-0.4, -0.2) is 49.7 Å². The maximum Gasteiger partial charge on any atom is 0.326 e. The van der Waals surface area contributed by atoms with Gasteiger partial charge >= 0.3 is 5.97 Å². The molecule has 0 radical (unpaired) electrons. The molecule has 1 heterocycles. The molecule has 1 aromatic heterocycles. The summed E-state index contributed by atoms with van der Waals surface area (Å²) in [6, 6.07) is -0.816. The molecule has 1 N–H and O–H groups in total. The number of carbonyl (C=O) groups is 2. The lowest BCUT2D eigenvalue weighted by molar-refractivity contribution is -0.148. The predicted octanol–water partition coefficient (Wildman–Crippen LogP) is -0.400. The first-order valence-corrected chi connectivity index (χ1v) is 4.83. The standard InChI is InChI=1S/C9H14N4O3/c1-7(9(15)16)12(2)8(14)3-4-13-6-10-5-11-13/h5-7H,3-4H2,1-2H3,(H,15,16). The van der Waals surface area contributed by atoms with Crippen molar-refractivity contribution in [2.45, 2.75) is 25.9 Å². The predicted molar refractivity (Wildman–Crippen MR) is 54.5 cm³/mol. The van der Waals surface area contributed by atoms with E-state index in [1.807, 2.05) is 0 Å². The molecular weight excluding hydrogens is 212 g/mol. The minimum atomic E-state index is -1.02. The molecule has 16 heavy (non-hydrogen) atoms. The minimum Gasteiger partial charge on any atom is -0.480 e. The average Bonchev–Trinajstić information content (AvgIpc) is 2.76. The SMILES string of the molecule is CC(C(=O)O)N(C)C(=O)CCn1cncn1. The van der Waals surface area contributed by atoms with Crippen molar-refractivity contribution in [3.63, 3.8) is 0 Å². The van der Waals surface area contributed by atoms with E-state index in [2.05, 4.69) is 10.1 Å². The number of aliphatic carboxylic acids is 1. The van der Waals surface area contributed by atoms with E-state index in [-0.39, 0.29) is 12.3 Å². The van der Waals surface area contributed by atoms with Crippen LogP contribution in [0.5, 0.6) is 0 Å². The van der Waals surface area contributed by atoms with Crippen LogP contribution in [0.1, 0.15) is 13.3 Å². The first kappa shape index (κ1) is 12.2. The van der Waals surface area contributed by atoms with Crippen molar-refractivity contribution in [1.82, 2.24) is 19.7 Å². The number of amides is 1. The van der Waals surface area contributed by atoms with E-state index in [0.717, 1.165) is 0 Å². The van der Waals surface area contributed by atoms with E-state index < -0.39 is 12.0 Å². The number of carbonyl (C=O) groups excluding carboxylic acids is 1. The Morgan fingerprint density at radius 3 is 2.75 bits per heavy atom. The lowest BCUT2D eigenvalue weighted by Gasteiger charge is -2.21. The fourth-order valence-electron chi connectivity index (χ4n) is 1.12. The van der Waals surface area contributed by atoms with Crippen molar-refractivity contribution in [3.05, 3.63) is 12.7 Å². The molecule has 0 fully saturated rings. The smallest absolute Gasteiger partial charge is 0.326 e. The van der Waals surface area contributed by atoms with E-state index in [0.29, 0.717) is 6.54 Å². The van der Waals surface area contributed by atoms with E-state index in [4.69, 9.17) is 5.11 Å². The summed E-state index contributed by atoms with van der Waals surface area (Å²) in [4.78, 5) is 27.2. The van der Waals surface area contributed by atoms with Crippen LogP contribution in [0.3, 0.4) is 0 Å². The molecule has 1 aromatic rings. The highest BCUT2D eigenvalue weighted by Crippen LogP contribution is 2.00. The molecule has 0 spiro atoms. The molecule has 1 amide bonds. The topological polar surface area (TPSA) is 88.3 Å². The molecule has 7 heteroatoms. The van der Waals surface area contributed by atoms with Crippen molar-refractivity contribution in [2.75, 3.05) is 7.05 Å². The summed E-state index contributed by atoms with van der Waals surface area (Å²) in [6.45, 7) is 1.87. The Kier molecular flexibility index (Phi) is 3.98. The Labute approximate surface area is 92.7 Å². The molecule has 1 atom stereocenters. The minimum absolute atomic E-state index is 0.206. The van der Waals surface area contributed by atoms with Gasteiger partial charge in [-0.25, -0.2) is 9.78 Å². The Bertz CT molecular complexity index is 363. The van der Waals surface area contributed by atoms with Crippen molar-refractivity contribution in [2.24, 2.45) is 0 Å². The van der Waals surface area contributed by atoms with Crippen LogP contribution >= 0.6 is 0 Å². The molecule has 0 aromatic carbocycles. The third-order valence-corrected chi connectivity index (χ3v) is 2.35. The summed E-state index contributed by atoms with van der Waals surface area (Å²) >= 11 is 0. The number of carboxylic acids is 1. The molecular formula is C9H14N4O3. The summed E-state index contributed by atoms with van der Waals surface area (Å²) < 4.78 is 1.52. The Hall–Kier alpha value is -1.92. The number of likely N-dealkylation sites (N-methyl/N-ethyl adjacent to an activating group) is 1. The van der Waals surface area contributed by atoms with Gasteiger partial charge in [0, 0.05) is 13.5 Å². The zero-order valence-corrected chi connectivity index (χ0v) is 9.20. The molecule has 1 unspecified atom stereocenters.